The van der Waals surface area contributed by atoms with Gasteiger partial charge in [0, 0.05) is 35.1 Å². The fourth-order valence-corrected chi connectivity index (χ4v) is 5.87. The van der Waals surface area contributed by atoms with E-state index < -0.39 is 11.9 Å². The number of benzene rings is 1. The fourth-order valence-electron chi connectivity index (χ4n) is 5.87. The maximum Gasteiger partial charge on any atom is 0.311 e. The molecule has 286 valence electrons. The van der Waals surface area contributed by atoms with Gasteiger partial charge in [-0.05, 0) is 85.6 Å². The van der Waals surface area contributed by atoms with Gasteiger partial charge in [0.2, 0.25) is 10.9 Å². The summed E-state index contributed by atoms with van der Waals surface area (Å²) in [4.78, 5) is 49.7. The van der Waals surface area contributed by atoms with Crippen LogP contribution in [0.4, 0.5) is 0 Å². The van der Waals surface area contributed by atoms with Gasteiger partial charge in [0.25, 0.3) is 0 Å². The van der Waals surface area contributed by atoms with Crippen LogP contribution in [0, 0.1) is 23.7 Å². The third-order valence-corrected chi connectivity index (χ3v) is 9.15. The molecule has 0 N–H and O–H groups in total. The monoisotopic (exact) mass is 730 g/mol. The molecular formula is C48H58O6. The van der Waals surface area contributed by atoms with Crippen molar-refractivity contribution in [1.82, 2.24) is 0 Å². The van der Waals surface area contributed by atoms with E-state index in [9.17, 15) is 19.2 Å². The highest BCUT2D eigenvalue weighted by Crippen LogP contribution is 2.14. The zero-order valence-corrected chi connectivity index (χ0v) is 32.5. The SMILES string of the molecule is CCCCCCCCCCCC(=O)Oc1ccc(C#Cc2ccc(C#Cc3ccc(OC(=O)CCCCCCCCCCC)c(=O)cc3)cc2)ccc1=O. The van der Waals surface area contributed by atoms with Crippen LogP contribution in [0.25, 0.3) is 0 Å². The van der Waals surface area contributed by atoms with Crippen molar-refractivity contribution in [2.45, 2.75) is 142 Å². The fraction of sp³-hybridized carbons (Fsp3) is 0.458. The van der Waals surface area contributed by atoms with Crippen molar-refractivity contribution in [1.29, 1.82) is 0 Å². The van der Waals surface area contributed by atoms with Crippen LogP contribution < -0.4 is 20.3 Å². The molecule has 0 amide bonds. The van der Waals surface area contributed by atoms with Crippen molar-refractivity contribution >= 4 is 11.9 Å². The largest absolute Gasteiger partial charge is 0.422 e. The summed E-state index contributed by atoms with van der Waals surface area (Å²) in [6, 6.07) is 19.7. The van der Waals surface area contributed by atoms with Crippen LogP contribution in [0.1, 0.15) is 165 Å². The Balaban J connectivity index is 1.46. The standard InChI is InChI=1S/C48H58O6/c1-3-5-7-9-11-13-15-17-19-21-47(51)53-45-37-33-41(31-35-43(45)49)29-27-39-23-25-40(26-24-39)28-30-42-32-36-44(50)46(38-34-42)54-48(52)22-20-18-16-14-12-10-8-6-4-2/h23-26,31-38H,3-22H2,1-2H3. The Kier molecular flexibility index (Phi) is 21.5. The van der Waals surface area contributed by atoms with Crippen LogP contribution in [-0.4, -0.2) is 11.9 Å². The molecular weight excluding hydrogens is 673 g/mol. The number of rotatable bonds is 22. The summed E-state index contributed by atoms with van der Waals surface area (Å²) < 4.78 is 10.8. The van der Waals surface area contributed by atoms with E-state index in [1.165, 1.54) is 101 Å². The van der Waals surface area contributed by atoms with Crippen LogP contribution in [0.5, 0.6) is 11.5 Å². The number of ether oxygens (including phenoxy) is 2. The molecule has 0 bridgehead atoms. The zero-order chi connectivity index (χ0) is 38.6. The van der Waals surface area contributed by atoms with Crippen LogP contribution in [0.15, 0.2) is 82.4 Å². The van der Waals surface area contributed by atoms with Gasteiger partial charge in [0.05, 0.1) is 0 Å². The molecule has 0 unspecified atom stereocenters. The van der Waals surface area contributed by atoms with Crippen LogP contribution in [0.2, 0.25) is 0 Å². The Labute approximate surface area is 323 Å². The molecule has 0 saturated carbocycles. The molecule has 6 nitrogen and oxygen atoms in total. The van der Waals surface area contributed by atoms with Gasteiger partial charge in [-0.25, -0.2) is 0 Å². The molecule has 0 aromatic heterocycles. The predicted molar refractivity (Wildman–Crippen MR) is 219 cm³/mol. The Hall–Kier alpha value is -4.94. The van der Waals surface area contributed by atoms with E-state index >= 15 is 0 Å². The first-order valence-corrected chi connectivity index (χ1v) is 20.2. The van der Waals surface area contributed by atoms with E-state index in [-0.39, 0.29) is 22.4 Å². The minimum atomic E-state index is -0.390. The second-order valence-corrected chi connectivity index (χ2v) is 13.9. The van der Waals surface area contributed by atoms with E-state index in [4.69, 9.17) is 9.47 Å². The minimum Gasteiger partial charge on any atom is -0.422 e. The summed E-state index contributed by atoms with van der Waals surface area (Å²) >= 11 is 0. The normalized spacial score (nSPS) is 10.4. The Morgan fingerprint density at radius 2 is 0.648 bits per heavy atom. The number of esters is 2. The van der Waals surface area contributed by atoms with Crippen molar-refractivity contribution < 1.29 is 19.1 Å². The molecule has 3 aromatic rings. The Bertz CT molecular complexity index is 1700. The average Bonchev–Trinajstić information content (AvgIpc) is 3.46. The van der Waals surface area contributed by atoms with Crippen molar-refractivity contribution in [2.75, 3.05) is 0 Å². The van der Waals surface area contributed by atoms with Crippen LogP contribution in [-0.2, 0) is 9.59 Å². The third-order valence-electron chi connectivity index (χ3n) is 9.15. The predicted octanol–water partition coefficient (Wildman–Crippen LogP) is 10.9. The van der Waals surface area contributed by atoms with E-state index in [1.54, 1.807) is 24.3 Å². The van der Waals surface area contributed by atoms with E-state index in [0.717, 1.165) is 49.7 Å². The number of carbonyl (C=O) groups is 2. The molecule has 0 saturated heterocycles. The van der Waals surface area contributed by atoms with E-state index in [2.05, 4.69) is 37.5 Å². The number of unbranched alkanes of at least 4 members (excludes halogenated alkanes) is 16. The van der Waals surface area contributed by atoms with Crippen LogP contribution >= 0.6 is 0 Å². The first-order valence-electron chi connectivity index (χ1n) is 20.2. The lowest BCUT2D eigenvalue weighted by Crippen LogP contribution is -2.12. The minimum absolute atomic E-state index is 0.00645. The number of hydrogen-bond donors (Lipinski definition) is 0. The molecule has 0 aliphatic heterocycles. The summed E-state index contributed by atoms with van der Waals surface area (Å²) in [6.45, 7) is 4.44. The highest BCUT2D eigenvalue weighted by atomic mass is 16.5. The molecule has 0 aliphatic carbocycles. The van der Waals surface area contributed by atoms with Crippen molar-refractivity contribution in [3.05, 3.63) is 115 Å². The quantitative estimate of drug-likeness (QED) is 0.0581. The van der Waals surface area contributed by atoms with Crippen molar-refractivity contribution in [2.24, 2.45) is 0 Å². The molecule has 0 radical (unpaired) electrons. The first kappa shape index (κ1) is 43.5. The van der Waals surface area contributed by atoms with Crippen molar-refractivity contribution in [3.63, 3.8) is 0 Å². The maximum atomic E-state index is 12.5. The second-order valence-electron chi connectivity index (χ2n) is 13.9. The molecule has 0 atom stereocenters. The zero-order valence-electron chi connectivity index (χ0n) is 32.5. The van der Waals surface area contributed by atoms with Gasteiger partial charge in [-0.1, -0.05) is 140 Å². The lowest BCUT2D eigenvalue weighted by molar-refractivity contribution is -0.135. The number of hydrogen-bond acceptors (Lipinski definition) is 6. The molecule has 3 aromatic carbocycles. The maximum absolute atomic E-state index is 12.5. The number of carbonyl (C=O) groups excluding carboxylic acids is 2. The topological polar surface area (TPSA) is 86.7 Å². The van der Waals surface area contributed by atoms with Gasteiger partial charge >= 0.3 is 11.9 Å². The van der Waals surface area contributed by atoms with Gasteiger partial charge < -0.3 is 9.47 Å². The van der Waals surface area contributed by atoms with E-state index in [0.29, 0.717) is 24.0 Å². The van der Waals surface area contributed by atoms with Gasteiger partial charge in [0.15, 0.2) is 11.5 Å². The molecule has 0 fully saturated rings. The molecule has 0 aliphatic rings. The molecule has 6 heteroatoms. The summed E-state index contributed by atoms with van der Waals surface area (Å²) in [6.07, 6.45) is 21.5. The molecule has 3 rings (SSSR count). The van der Waals surface area contributed by atoms with Crippen LogP contribution in [0.3, 0.4) is 0 Å². The summed E-state index contributed by atoms with van der Waals surface area (Å²) in [5.41, 5.74) is 2.01. The smallest absolute Gasteiger partial charge is 0.311 e. The summed E-state index contributed by atoms with van der Waals surface area (Å²) in [5.74, 6) is 11.5. The Morgan fingerprint density at radius 1 is 0.389 bits per heavy atom. The highest BCUT2D eigenvalue weighted by molar-refractivity contribution is 5.72. The van der Waals surface area contributed by atoms with Gasteiger partial charge in [-0.3, -0.25) is 19.2 Å². The van der Waals surface area contributed by atoms with E-state index in [1.807, 2.05) is 24.3 Å². The molecule has 54 heavy (non-hydrogen) atoms. The second kappa shape index (κ2) is 26.8. The molecule has 0 heterocycles. The average molecular weight is 731 g/mol. The first-order chi connectivity index (χ1) is 26.4. The lowest BCUT2D eigenvalue weighted by Gasteiger charge is -2.03. The lowest BCUT2D eigenvalue weighted by atomic mass is 10.1. The van der Waals surface area contributed by atoms with Crippen molar-refractivity contribution in [3.8, 4) is 35.2 Å². The van der Waals surface area contributed by atoms with Gasteiger partial charge in [0.1, 0.15) is 0 Å². The summed E-state index contributed by atoms with van der Waals surface area (Å²) in [7, 11) is 0. The van der Waals surface area contributed by atoms with Gasteiger partial charge in [-0.15, -0.1) is 0 Å². The molecule has 0 spiro atoms. The Morgan fingerprint density at radius 3 is 0.963 bits per heavy atom. The summed E-state index contributed by atoms with van der Waals surface area (Å²) in [5, 5.41) is 0. The third kappa shape index (κ3) is 18.7. The highest BCUT2D eigenvalue weighted by Gasteiger charge is 2.09. The van der Waals surface area contributed by atoms with Gasteiger partial charge in [-0.2, -0.15) is 0 Å².